The fourth-order valence-corrected chi connectivity index (χ4v) is 1.21. The topological polar surface area (TPSA) is 13.1 Å². The monoisotopic (exact) mass is 145 g/mol. The van der Waals surface area contributed by atoms with Crippen LogP contribution in [0.4, 0.5) is 0 Å². The van der Waals surface area contributed by atoms with Crippen molar-refractivity contribution in [2.45, 2.75) is 13.8 Å². The van der Waals surface area contributed by atoms with Gasteiger partial charge in [0.15, 0.2) is 6.26 Å². The summed E-state index contributed by atoms with van der Waals surface area (Å²) in [6, 6.07) is 6.18. The Kier molecular flexibility index (Phi) is 1.25. The minimum Gasteiger partial charge on any atom is -0.452 e. The second-order valence-electron chi connectivity index (χ2n) is 2.83. The predicted octanol–water partition coefficient (Wildman–Crippen LogP) is 2.85. The van der Waals surface area contributed by atoms with Gasteiger partial charge in [-0.3, -0.25) is 0 Å². The smallest absolute Gasteiger partial charge is 0.173 e. The quantitative estimate of drug-likeness (QED) is 0.555. The number of rotatable bonds is 0. The van der Waals surface area contributed by atoms with E-state index in [-0.39, 0.29) is 0 Å². The van der Waals surface area contributed by atoms with E-state index in [1.54, 1.807) is 0 Å². The van der Waals surface area contributed by atoms with E-state index in [9.17, 15) is 0 Å². The largest absolute Gasteiger partial charge is 0.452 e. The predicted molar refractivity (Wildman–Crippen MR) is 44.5 cm³/mol. The molecule has 1 aromatic carbocycles. The lowest BCUT2D eigenvalue weighted by molar-refractivity contribution is 0.602. The molecule has 0 spiro atoms. The third-order valence-corrected chi connectivity index (χ3v) is 1.86. The summed E-state index contributed by atoms with van der Waals surface area (Å²) in [5.41, 5.74) is 3.24. The van der Waals surface area contributed by atoms with Crippen LogP contribution in [0.25, 0.3) is 11.0 Å². The summed E-state index contributed by atoms with van der Waals surface area (Å²) < 4.78 is 5.20. The highest BCUT2D eigenvalue weighted by molar-refractivity contribution is 5.80. The van der Waals surface area contributed by atoms with Crippen molar-refractivity contribution in [2.75, 3.05) is 0 Å². The van der Waals surface area contributed by atoms with Gasteiger partial charge in [0, 0.05) is 10.9 Å². The van der Waals surface area contributed by atoms with E-state index in [0.717, 1.165) is 16.5 Å². The third-order valence-electron chi connectivity index (χ3n) is 1.86. The van der Waals surface area contributed by atoms with Gasteiger partial charge in [0.2, 0.25) is 0 Å². The van der Waals surface area contributed by atoms with Gasteiger partial charge in [-0.15, -0.1) is 0 Å². The van der Waals surface area contributed by atoms with Gasteiger partial charge in [-0.05, 0) is 25.5 Å². The van der Waals surface area contributed by atoms with E-state index in [4.69, 9.17) is 4.42 Å². The van der Waals surface area contributed by atoms with Crippen LogP contribution < -0.4 is 0 Å². The highest BCUT2D eigenvalue weighted by Crippen LogP contribution is 2.20. The first kappa shape index (κ1) is 6.47. The minimum absolute atomic E-state index is 0.933. The van der Waals surface area contributed by atoms with Gasteiger partial charge in [-0.25, -0.2) is 0 Å². The normalized spacial score (nSPS) is 10.7. The standard InChI is InChI=1S/C10H9O/c1-7-3-4-9-8(2)6-11-10(9)5-7/h3-5H,1-2H3. The van der Waals surface area contributed by atoms with Crippen LogP contribution in [0.3, 0.4) is 0 Å². The lowest BCUT2D eigenvalue weighted by Gasteiger charge is -1.90. The van der Waals surface area contributed by atoms with Gasteiger partial charge in [0.05, 0.1) is 0 Å². The Labute approximate surface area is 65.6 Å². The summed E-state index contributed by atoms with van der Waals surface area (Å²) in [6.07, 6.45) is 2.83. The first-order chi connectivity index (χ1) is 5.27. The van der Waals surface area contributed by atoms with E-state index >= 15 is 0 Å². The van der Waals surface area contributed by atoms with Gasteiger partial charge >= 0.3 is 0 Å². The molecule has 1 nitrogen and oxygen atoms in total. The van der Waals surface area contributed by atoms with Crippen molar-refractivity contribution in [1.82, 2.24) is 0 Å². The molecule has 1 heterocycles. The van der Waals surface area contributed by atoms with Gasteiger partial charge in [0.1, 0.15) is 5.58 Å². The zero-order valence-corrected chi connectivity index (χ0v) is 6.64. The Morgan fingerprint density at radius 3 is 2.91 bits per heavy atom. The van der Waals surface area contributed by atoms with Crippen molar-refractivity contribution in [1.29, 1.82) is 0 Å². The summed E-state index contributed by atoms with van der Waals surface area (Å²) in [5, 5.41) is 1.16. The summed E-state index contributed by atoms with van der Waals surface area (Å²) >= 11 is 0. The molecule has 0 saturated carbocycles. The van der Waals surface area contributed by atoms with Crippen LogP contribution >= 0.6 is 0 Å². The van der Waals surface area contributed by atoms with E-state index < -0.39 is 0 Å². The molecular weight excluding hydrogens is 136 g/mol. The molecular formula is C10H9O. The molecule has 0 bridgehead atoms. The van der Waals surface area contributed by atoms with Crippen molar-refractivity contribution >= 4 is 11.0 Å². The Morgan fingerprint density at radius 2 is 2.09 bits per heavy atom. The van der Waals surface area contributed by atoms with Crippen LogP contribution in [0.5, 0.6) is 0 Å². The Bertz CT molecular complexity index is 385. The van der Waals surface area contributed by atoms with Crippen molar-refractivity contribution in [3.05, 3.63) is 35.6 Å². The van der Waals surface area contributed by atoms with Crippen molar-refractivity contribution < 1.29 is 4.42 Å². The Morgan fingerprint density at radius 1 is 1.27 bits per heavy atom. The van der Waals surface area contributed by atoms with Crippen LogP contribution in [0.1, 0.15) is 11.1 Å². The molecule has 0 unspecified atom stereocenters. The molecule has 11 heavy (non-hydrogen) atoms. The number of aryl methyl sites for hydroxylation is 2. The van der Waals surface area contributed by atoms with Crippen LogP contribution in [0.2, 0.25) is 0 Å². The molecule has 2 rings (SSSR count). The highest BCUT2D eigenvalue weighted by Gasteiger charge is 2.00. The van der Waals surface area contributed by atoms with E-state index in [1.807, 2.05) is 13.0 Å². The van der Waals surface area contributed by atoms with Crippen LogP contribution in [-0.2, 0) is 0 Å². The summed E-state index contributed by atoms with van der Waals surface area (Å²) in [6.45, 7) is 4.05. The molecule has 1 radical (unpaired) electrons. The number of furan rings is 1. The average Bonchev–Trinajstić information content (AvgIpc) is 2.32. The molecule has 0 atom stereocenters. The average molecular weight is 145 g/mol. The molecule has 1 heteroatoms. The lowest BCUT2D eigenvalue weighted by Crippen LogP contribution is -1.70. The van der Waals surface area contributed by atoms with Crippen molar-refractivity contribution in [2.24, 2.45) is 0 Å². The summed E-state index contributed by atoms with van der Waals surface area (Å²) in [5.74, 6) is 0. The molecule has 1 aromatic heterocycles. The minimum atomic E-state index is 0.933. The molecule has 0 amide bonds. The fraction of sp³-hybridized carbons (Fsp3) is 0.200. The highest BCUT2D eigenvalue weighted by atomic mass is 16.3. The van der Waals surface area contributed by atoms with Gasteiger partial charge in [0.25, 0.3) is 0 Å². The van der Waals surface area contributed by atoms with Gasteiger partial charge in [-0.2, -0.15) is 0 Å². The summed E-state index contributed by atoms with van der Waals surface area (Å²) in [7, 11) is 0. The molecule has 2 aromatic rings. The number of benzene rings is 1. The lowest BCUT2D eigenvalue weighted by atomic mass is 10.1. The zero-order chi connectivity index (χ0) is 7.84. The molecule has 0 fully saturated rings. The van der Waals surface area contributed by atoms with E-state index in [2.05, 4.69) is 25.3 Å². The number of hydrogen-bond acceptors (Lipinski definition) is 1. The summed E-state index contributed by atoms with van der Waals surface area (Å²) in [4.78, 5) is 0. The molecule has 0 aliphatic rings. The number of hydrogen-bond donors (Lipinski definition) is 0. The number of fused-ring (bicyclic) bond motifs is 1. The first-order valence-corrected chi connectivity index (χ1v) is 3.65. The zero-order valence-electron chi connectivity index (χ0n) is 6.64. The third kappa shape index (κ3) is 0.929. The van der Waals surface area contributed by atoms with Gasteiger partial charge < -0.3 is 4.42 Å². The molecule has 0 aliphatic heterocycles. The Hall–Kier alpha value is -1.24. The molecule has 0 aliphatic carbocycles. The maximum Gasteiger partial charge on any atom is 0.173 e. The second kappa shape index (κ2) is 2.12. The van der Waals surface area contributed by atoms with E-state index in [0.29, 0.717) is 0 Å². The fourth-order valence-electron chi connectivity index (χ4n) is 1.21. The maximum atomic E-state index is 5.20. The SMILES string of the molecule is Cc1ccc2c(C)[c]oc2c1. The van der Waals surface area contributed by atoms with Crippen LogP contribution in [0, 0.1) is 20.1 Å². The molecule has 0 N–H and O–H groups in total. The maximum absolute atomic E-state index is 5.20. The van der Waals surface area contributed by atoms with Crippen LogP contribution in [0.15, 0.2) is 22.6 Å². The Balaban J connectivity index is 2.86. The first-order valence-electron chi connectivity index (χ1n) is 3.65. The van der Waals surface area contributed by atoms with Crippen LogP contribution in [-0.4, -0.2) is 0 Å². The molecule has 55 valence electrons. The van der Waals surface area contributed by atoms with Gasteiger partial charge in [-0.1, -0.05) is 12.1 Å². The molecule has 0 saturated heterocycles. The van der Waals surface area contributed by atoms with E-state index in [1.165, 1.54) is 5.56 Å². The van der Waals surface area contributed by atoms with Crippen molar-refractivity contribution in [3.63, 3.8) is 0 Å². The van der Waals surface area contributed by atoms with Crippen molar-refractivity contribution in [3.8, 4) is 0 Å². The second-order valence-corrected chi connectivity index (χ2v) is 2.83.